The summed E-state index contributed by atoms with van der Waals surface area (Å²) in [5.74, 6) is 3.75. The molecule has 0 heterocycles. The Hall–Kier alpha value is -0.670. The molecule has 0 spiro atoms. The van der Waals surface area contributed by atoms with Crippen molar-refractivity contribution in [1.29, 1.82) is 0 Å². The number of carbonyl (C=O) groups excluding carboxylic acids is 1. The van der Waals surface area contributed by atoms with Crippen LogP contribution in [-0.2, 0) is 4.79 Å². The number of allylic oxidation sites excluding steroid dienone is 1. The van der Waals surface area contributed by atoms with E-state index in [0.29, 0.717) is 29.5 Å². The highest BCUT2D eigenvalue weighted by atomic mass is 16.5. The zero-order chi connectivity index (χ0) is 18.7. The fraction of sp³-hybridized carbons (Fsp3) is 0.870. The summed E-state index contributed by atoms with van der Waals surface area (Å²) in [5, 5.41) is 18.6. The van der Waals surface area contributed by atoms with Crippen LogP contribution in [0.25, 0.3) is 0 Å². The van der Waals surface area contributed by atoms with Crippen LogP contribution in [0, 0.1) is 40.4 Å². The summed E-state index contributed by atoms with van der Waals surface area (Å²) in [6.45, 7) is 7.27. The van der Waals surface area contributed by atoms with Gasteiger partial charge in [-0.25, -0.2) is 0 Å². The maximum Gasteiger partial charge on any atom is 0.155 e. The monoisotopic (exact) mass is 360 g/mol. The summed E-state index contributed by atoms with van der Waals surface area (Å²) >= 11 is 0. The van der Waals surface area contributed by atoms with Gasteiger partial charge < -0.3 is 10.2 Å². The van der Waals surface area contributed by atoms with Crippen LogP contribution in [0.3, 0.4) is 0 Å². The average molecular weight is 361 g/mol. The smallest absolute Gasteiger partial charge is 0.155 e. The lowest BCUT2D eigenvalue weighted by atomic mass is 9.45. The maximum absolute atomic E-state index is 12.1. The lowest BCUT2D eigenvalue weighted by Gasteiger charge is -2.60. The van der Waals surface area contributed by atoms with Gasteiger partial charge in [-0.15, -0.1) is 0 Å². The van der Waals surface area contributed by atoms with Crippen molar-refractivity contribution >= 4 is 5.78 Å². The van der Waals surface area contributed by atoms with Gasteiger partial charge in [0.25, 0.3) is 0 Å². The van der Waals surface area contributed by atoms with E-state index in [1.165, 1.54) is 37.7 Å². The Morgan fingerprint density at radius 3 is 2.65 bits per heavy atom. The normalized spacial score (nSPS) is 48.0. The average Bonchev–Trinajstić information content (AvgIpc) is 2.91. The minimum absolute atomic E-state index is 0.220. The number of hydrogen-bond donors (Lipinski definition) is 2. The highest BCUT2D eigenvalue weighted by Gasteiger charge is 2.59. The number of aliphatic hydroxyl groups excluding tert-OH is 1. The van der Waals surface area contributed by atoms with Gasteiger partial charge in [-0.2, -0.15) is 0 Å². The molecular weight excluding hydrogens is 324 g/mol. The first-order valence-electron chi connectivity index (χ1n) is 10.9. The molecule has 4 aliphatic carbocycles. The fourth-order valence-corrected chi connectivity index (χ4v) is 7.87. The van der Waals surface area contributed by atoms with Crippen molar-refractivity contribution in [2.75, 3.05) is 0 Å². The van der Waals surface area contributed by atoms with E-state index in [-0.39, 0.29) is 5.41 Å². The fourth-order valence-electron chi connectivity index (χ4n) is 7.87. The molecule has 2 N–H and O–H groups in total. The maximum atomic E-state index is 12.1. The molecule has 3 fully saturated rings. The van der Waals surface area contributed by atoms with Crippen LogP contribution in [0.5, 0.6) is 0 Å². The van der Waals surface area contributed by atoms with E-state index in [4.69, 9.17) is 0 Å². The lowest BCUT2D eigenvalue weighted by molar-refractivity contribution is -0.120. The molecule has 3 nitrogen and oxygen atoms in total. The molecule has 0 amide bonds. The zero-order valence-corrected chi connectivity index (χ0v) is 16.7. The van der Waals surface area contributed by atoms with Gasteiger partial charge in [0, 0.05) is 6.42 Å². The summed E-state index contributed by atoms with van der Waals surface area (Å²) in [6, 6.07) is 0. The first-order chi connectivity index (χ1) is 12.3. The van der Waals surface area contributed by atoms with Crippen LogP contribution in [0.15, 0.2) is 11.6 Å². The lowest BCUT2D eigenvalue weighted by Crippen LogP contribution is -2.52. The van der Waals surface area contributed by atoms with Crippen molar-refractivity contribution in [3.8, 4) is 0 Å². The Bertz CT molecular complexity index is 609. The molecule has 3 saturated carbocycles. The Morgan fingerprint density at radius 2 is 1.92 bits per heavy atom. The summed E-state index contributed by atoms with van der Waals surface area (Å²) < 4.78 is 0. The van der Waals surface area contributed by atoms with Crippen LogP contribution in [0.4, 0.5) is 0 Å². The highest BCUT2D eigenvalue weighted by Crippen LogP contribution is 2.67. The molecule has 4 aliphatic rings. The second kappa shape index (κ2) is 6.44. The number of carbonyl (C=O) groups is 1. The van der Waals surface area contributed by atoms with Crippen molar-refractivity contribution in [3.63, 3.8) is 0 Å². The van der Waals surface area contributed by atoms with E-state index in [1.807, 2.05) is 6.08 Å². The van der Waals surface area contributed by atoms with E-state index >= 15 is 0 Å². The Labute approximate surface area is 158 Å². The molecule has 26 heavy (non-hydrogen) atoms. The van der Waals surface area contributed by atoms with Crippen molar-refractivity contribution in [1.82, 2.24) is 0 Å². The molecule has 0 aromatic rings. The van der Waals surface area contributed by atoms with Crippen molar-refractivity contribution in [2.45, 2.75) is 84.8 Å². The second-order valence-electron chi connectivity index (χ2n) is 10.3. The number of ketones is 1. The minimum atomic E-state index is -1.16. The van der Waals surface area contributed by atoms with E-state index < -0.39 is 6.29 Å². The van der Waals surface area contributed by atoms with Gasteiger partial charge in [-0.3, -0.25) is 4.79 Å². The van der Waals surface area contributed by atoms with E-state index in [2.05, 4.69) is 20.8 Å². The standard InChI is InChI=1S/C23H36O3/c1-14-12-17(24)13-16-4-7-18-19-8-5-15(6-9-21(25)26)22(19,2)11-10-20(18)23(14,16)3/h13-15,18-21,25-26H,4-12H2,1-3H3/t14?,15?,18-,19-,20+,22+,23-/m0/s1. The van der Waals surface area contributed by atoms with E-state index in [9.17, 15) is 15.0 Å². The van der Waals surface area contributed by atoms with Gasteiger partial charge in [0.15, 0.2) is 12.1 Å². The van der Waals surface area contributed by atoms with Crippen molar-refractivity contribution in [2.24, 2.45) is 40.4 Å². The SMILES string of the molecule is CC1CC(=O)C=C2CC[C@@H]3[C@@H](CC[C@]4(C)C(CCC(O)O)CC[C@@H]34)[C@]21C. The summed E-state index contributed by atoms with van der Waals surface area (Å²) in [7, 11) is 0. The topological polar surface area (TPSA) is 57.5 Å². The van der Waals surface area contributed by atoms with E-state index in [1.54, 1.807) is 0 Å². The van der Waals surface area contributed by atoms with Crippen LogP contribution >= 0.6 is 0 Å². The van der Waals surface area contributed by atoms with Gasteiger partial charge in [0.05, 0.1) is 0 Å². The molecule has 0 saturated heterocycles. The minimum Gasteiger partial charge on any atom is -0.368 e. The predicted molar refractivity (Wildman–Crippen MR) is 102 cm³/mol. The molecule has 7 atom stereocenters. The largest absolute Gasteiger partial charge is 0.368 e. The summed E-state index contributed by atoms with van der Waals surface area (Å²) in [5.41, 5.74) is 2.04. The Kier molecular flexibility index (Phi) is 4.63. The molecule has 0 aliphatic heterocycles. The molecule has 0 aromatic heterocycles. The van der Waals surface area contributed by atoms with Crippen molar-refractivity contribution < 1.29 is 15.0 Å². The second-order valence-corrected chi connectivity index (χ2v) is 10.3. The predicted octanol–water partition coefficient (Wildman–Crippen LogP) is 4.47. The van der Waals surface area contributed by atoms with Crippen LogP contribution < -0.4 is 0 Å². The molecule has 0 bridgehead atoms. The third-order valence-corrected chi connectivity index (χ3v) is 9.48. The molecule has 4 rings (SSSR count). The summed E-state index contributed by atoms with van der Waals surface area (Å²) in [6.07, 6.45) is 10.5. The Morgan fingerprint density at radius 1 is 1.15 bits per heavy atom. The molecule has 0 radical (unpaired) electrons. The molecule has 0 aromatic carbocycles. The van der Waals surface area contributed by atoms with Crippen LogP contribution in [0.2, 0.25) is 0 Å². The first-order valence-corrected chi connectivity index (χ1v) is 10.9. The molecule has 3 heteroatoms. The molecular formula is C23H36O3. The highest BCUT2D eigenvalue weighted by molar-refractivity contribution is 5.92. The van der Waals surface area contributed by atoms with E-state index in [0.717, 1.165) is 37.0 Å². The van der Waals surface area contributed by atoms with Crippen LogP contribution in [0.1, 0.15) is 78.6 Å². The molecule has 2 unspecified atom stereocenters. The molecule has 146 valence electrons. The zero-order valence-electron chi connectivity index (χ0n) is 16.7. The van der Waals surface area contributed by atoms with Gasteiger partial charge in [0.1, 0.15) is 0 Å². The first kappa shape index (κ1) is 18.7. The van der Waals surface area contributed by atoms with Gasteiger partial charge in [0.2, 0.25) is 0 Å². The van der Waals surface area contributed by atoms with Gasteiger partial charge >= 0.3 is 0 Å². The Balaban J connectivity index is 1.59. The number of aliphatic hydroxyl groups is 2. The van der Waals surface area contributed by atoms with Gasteiger partial charge in [-0.1, -0.05) is 26.3 Å². The van der Waals surface area contributed by atoms with Crippen molar-refractivity contribution in [3.05, 3.63) is 11.6 Å². The number of rotatable bonds is 3. The van der Waals surface area contributed by atoms with Crippen LogP contribution in [-0.4, -0.2) is 22.3 Å². The quantitative estimate of drug-likeness (QED) is 0.730. The van der Waals surface area contributed by atoms with Gasteiger partial charge in [-0.05, 0) is 97.9 Å². The number of hydrogen-bond acceptors (Lipinski definition) is 3. The third kappa shape index (κ3) is 2.64. The summed E-state index contributed by atoms with van der Waals surface area (Å²) in [4.78, 5) is 12.1. The number of fused-ring (bicyclic) bond motifs is 5. The third-order valence-electron chi connectivity index (χ3n) is 9.48.